The maximum atomic E-state index is 13.0. The van der Waals surface area contributed by atoms with Crippen molar-refractivity contribution in [2.75, 3.05) is 16.4 Å². The third kappa shape index (κ3) is 5.95. The van der Waals surface area contributed by atoms with Crippen LogP contribution in [-0.4, -0.2) is 22.6 Å². The number of hydrogen-bond acceptors (Lipinski definition) is 4. The predicted octanol–water partition coefficient (Wildman–Crippen LogP) is 5.61. The number of aromatic nitrogens is 1. The van der Waals surface area contributed by atoms with Crippen LogP contribution in [0.25, 0.3) is 0 Å². The van der Waals surface area contributed by atoms with Gasteiger partial charge >= 0.3 is 0 Å². The van der Waals surface area contributed by atoms with Crippen molar-refractivity contribution in [1.82, 2.24) is 4.98 Å². The summed E-state index contributed by atoms with van der Waals surface area (Å²) in [6, 6.07) is 15.4. The minimum Gasteiger partial charge on any atom is -0.325 e. The Kier molecular flexibility index (Phi) is 7.13. The summed E-state index contributed by atoms with van der Waals surface area (Å²) < 4.78 is 0. The summed E-state index contributed by atoms with van der Waals surface area (Å²) in [5.74, 6) is -0.204. The molecule has 3 aromatic rings. The van der Waals surface area contributed by atoms with Gasteiger partial charge in [-0.2, -0.15) is 0 Å². The monoisotopic (exact) mass is 433 g/mol. The largest absolute Gasteiger partial charge is 0.325 e. The van der Waals surface area contributed by atoms with Crippen LogP contribution in [0.1, 0.15) is 38.3 Å². The number of amides is 2. The summed E-state index contributed by atoms with van der Waals surface area (Å²) in [4.78, 5) is 30.1. The van der Waals surface area contributed by atoms with Gasteiger partial charge in [0.2, 0.25) is 5.91 Å². The lowest BCUT2D eigenvalue weighted by Crippen LogP contribution is -2.18. The number of anilines is 2. The number of pyridine rings is 1. The van der Waals surface area contributed by atoms with Gasteiger partial charge in [-0.25, -0.2) is 4.98 Å². The average Bonchev–Trinajstić information content (AvgIpc) is 2.68. The second-order valence-electron chi connectivity index (χ2n) is 7.74. The number of nitrogens with zero attached hydrogens (tertiary/aromatic N) is 1. The SMILES string of the molecule is Cc1cccc(NC(=O)c2c(C)cc(C)nc2SCC(=O)Nc2ccc(C)cc2C)c1. The van der Waals surface area contributed by atoms with E-state index in [-0.39, 0.29) is 17.6 Å². The molecule has 0 atom stereocenters. The van der Waals surface area contributed by atoms with Gasteiger partial charge in [0.05, 0.1) is 11.3 Å². The molecule has 0 aliphatic rings. The maximum absolute atomic E-state index is 13.0. The predicted molar refractivity (Wildman–Crippen MR) is 128 cm³/mol. The van der Waals surface area contributed by atoms with Crippen molar-refractivity contribution in [2.45, 2.75) is 39.6 Å². The Morgan fingerprint density at radius 3 is 2.32 bits per heavy atom. The minimum atomic E-state index is -0.229. The van der Waals surface area contributed by atoms with Gasteiger partial charge < -0.3 is 10.6 Å². The molecule has 1 aromatic heterocycles. The van der Waals surface area contributed by atoms with E-state index in [4.69, 9.17) is 0 Å². The van der Waals surface area contributed by atoms with Crippen molar-refractivity contribution < 1.29 is 9.59 Å². The normalized spacial score (nSPS) is 10.6. The zero-order valence-electron chi connectivity index (χ0n) is 18.5. The van der Waals surface area contributed by atoms with Crippen molar-refractivity contribution in [3.8, 4) is 0 Å². The van der Waals surface area contributed by atoms with Gasteiger partial charge in [0.1, 0.15) is 5.03 Å². The van der Waals surface area contributed by atoms with Gasteiger partial charge in [0, 0.05) is 17.1 Å². The van der Waals surface area contributed by atoms with Crippen LogP contribution in [0.4, 0.5) is 11.4 Å². The van der Waals surface area contributed by atoms with Crippen LogP contribution >= 0.6 is 11.8 Å². The fourth-order valence-electron chi connectivity index (χ4n) is 3.37. The second-order valence-corrected chi connectivity index (χ2v) is 8.70. The zero-order valence-corrected chi connectivity index (χ0v) is 19.3. The van der Waals surface area contributed by atoms with Crippen LogP contribution in [0.3, 0.4) is 0 Å². The molecule has 0 fully saturated rings. The second kappa shape index (κ2) is 9.79. The number of benzene rings is 2. The van der Waals surface area contributed by atoms with Crippen LogP contribution in [0, 0.1) is 34.6 Å². The Morgan fingerprint density at radius 2 is 1.61 bits per heavy atom. The number of rotatable bonds is 6. The Labute approximate surface area is 187 Å². The summed E-state index contributed by atoms with van der Waals surface area (Å²) in [5, 5.41) is 6.44. The van der Waals surface area contributed by atoms with Crippen LogP contribution in [0.5, 0.6) is 0 Å². The van der Waals surface area contributed by atoms with E-state index in [2.05, 4.69) is 15.6 Å². The van der Waals surface area contributed by atoms with E-state index in [0.717, 1.165) is 39.3 Å². The van der Waals surface area contributed by atoms with Gasteiger partial charge in [-0.1, -0.05) is 41.6 Å². The lowest BCUT2D eigenvalue weighted by Gasteiger charge is -2.14. The Bertz CT molecular complexity index is 1140. The fourth-order valence-corrected chi connectivity index (χ4v) is 4.32. The molecule has 1 heterocycles. The molecule has 0 radical (unpaired) electrons. The highest BCUT2D eigenvalue weighted by Crippen LogP contribution is 2.26. The molecular weight excluding hydrogens is 406 g/mol. The van der Waals surface area contributed by atoms with E-state index < -0.39 is 0 Å². The number of carbonyl (C=O) groups excluding carboxylic acids is 2. The minimum absolute atomic E-state index is 0.136. The van der Waals surface area contributed by atoms with Crippen LogP contribution in [-0.2, 0) is 4.79 Å². The molecule has 3 rings (SSSR count). The van der Waals surface area contributed by atoms with Crippen molar-refractivity contribution in [1.29, 1.82) is 0 Å². The fraction of sp³-hybridized carbons (Fsp3) is 0.240. The topological polar surface area (TPSA) is 71.1 Å². The van der Waals surface area contributed by atoms with Gasteiger partial charge in [0.15, 0.2) is 0 Å². The molecule has 0 bridgehead atoms. The van der Waals surface area contributed by atoms with E-state index in [9.17, 15) is 9.59 Å². The summed E-state index contributed by atoms with van der Waals surface area (Å²) in [6.07, 6.45) is 0. The van der Waals surface area contributed by atoms with Crippen LogP contribution in [0.15, 0.2) is 53.6 Å². The van der Waals surface area contributed by atoms with Crippen molar-refractivity contribution in [2.24, 2.45) is 0 Å². The third-order valence-electron chi connectivity index (χ3n) is 4.81. The van der Waals surface area contributed by atoms with E-state index >= 15 is 0 Å². The molecule has 160 valence electrons. The summed E-state index contributed by atoms with van der Waals surface area (Å²) in [7, 11) is 0. The maximum Gasteiger partial charge on any atom is 0.258 e. The molecule has 0 saturated carbocycles. The van der Waals surface area contributed by atoms with E-state index in [1.807, 2.05) is 83.1 Å². The van der Waals surface area contributed by atoms with Crippen LogP contribution in [0.2, 0.25) is 0 Å². The number of carbonyl (C=O) groups is 2. The van der Waals surface area contributed by atoms with Crippen molar-refractivity contribution in [3.05, 3.63) is 82.0 Å². The molecule has 0 unspecified atom stereocenters. The molecule has 2 N–H and O–H groups in total. The zero-order chi connectivity index (χ0) is 22.5. The van der Waals surface area contributed by atoms with E-state index in [0.29, 0.717) is 10.6 Å². The molecule has 31 heavy (non-hydrogen) atoms. The highest BCUT2D eigenvalue weighted by atomic mass is 32.2. The number of aryl methyl sites for hydroxylation is 5. The lowest BCUT2D eigenvalue weighted by molar-refractivity contribution is -0.113. The number of nitrogens with one attached hydrogen (secondary N) is 2. The first kappa shape index (κ1) is 22.6. The first-order chi connectivity index (χ1) is 14.7. The van der Waals surface area contributed by atoms with Crippen LogP contribution < -0.4 is 10.6 Å². The molecule has 0 spiro atoms. The first-order valence-electron chi connectivity index (χ1n) is 10.1. The number of thioether (sulfide) groups is 1. The smallest absolute Gasteiger partial charge is 0.258 e. The van der Waals surface area contributed by atoms with Gasteiger partial charge in [-0.05, 0) is 75.6 Å². The Hall–Kier alpha value is -3.12. The van der Waals surface area contributed by atoms with Gasteiger partial charge in [-0.3, -0.25) is 9.59 Å². The molecule has 2 aromatic carbocycles. The summed E-state index contributed by atoms with van der Waals surface area (Å²) in [6.45, 7) is 9.73. The van der Waals surface area contributed by atoms with E-state index in [1.54, 1.807) is 0 Å². The molecule has 2 amide bonds. The summed E-state index contributed by atoms with van der Waals surface area (Å²) >= 11 is 1.27. The Morgan fingerprint density at radius 1 is 0.871 bits per heavy atom. The Balaban J connectivity index is 1.76. The highest BCUT2D eigenvalue weighted by molar-refractivity contribution is 8.00. The highest BCUT2D eigenvalue weighted by Gasteiger charge is 2.19. The molecule has 5 nitrogen and oxygen atoms in total. The quantitative estimate of drug-likeness (QED) is 0.496. The average molecular weight is 434 g/mol. The van der Waals surface area contributed by atoms with Crippen molar-refractivity contribution in [3.63, 3.8) is 0 Å². The number of hydrogen-bond donors (Lipinski definition) is 2. The molecule has 0 aliphatic heterocycles. The first-order valence-corrected chi connectivity index (χ1v) is 11.1. The molecule has 0 saturated heterocycles. The molecular formula is C25H27N3O2S. The lowest BCUT2D eigenvalue weighted by atomic mass is 10.1. The van der Waals surface area contributed by atoms with Gasteiger partial charge in [-0.15, -0.1) is 0 Å². The summed E-state index contributed by atoms with van der Waals surface area (Å²) in [5.41, 5.74) is 6.88. The standard InChI is InChI=1S/C25H27N3O2S/c1-15-7-6-8-20(12-15)27-24(30)23-18(4)13-19(5)26-25(23)31-14-22(29)28-21-10-9-16(2)11-17(21)3/h6-13H,14H2,1-5H3,(H,27,30)(H,28,29). The van der Waals surface area contributed by atoms with Crippen molar-refractivity contribution >= 4 is 35.0 Å². The third-order valence-corrected chi connectivity index (χ3v) is 5.79. The molecule has 0 aliphatic carbocycles. The van der Waals surface area contributed by atoms with Gasteiger partial charge in [0.25, 0.3) is 5.91 Å². The van der Waals surface area contributed by atoms with E-state index in [1.165, 1.54) is 11.8 Å². The molecule has 6 heteroatoms.